The molecule has 0 saturated carbocycles. The summed E-state index contributed by atoms with van der Waals surface area (Å²) in [5.41, 5.74) is 5.66. The second-order valence-electron chi connectivity index (χ2n) is 2.22. The monoisotopic (exact) mass is 115 g/mol. The molecule has 1 fully saturated rings. The highest BCUT2D eigenvalue weighted by atomic mass is 15.1. The fourth-order valence-electron chi connectivity index (χ4n) is 1.02. The predicted molar refractivity (Wildman–Crippen MR) is 33.7 cm³/mol. The van der Waals surface area contributed by atoms with Gasteiger partial charge >= 0.3 is 0 Å². The first-order valence-corrected chi connectivity index (χ1v) is 2.98. The van der Waals surface area contributed by atoms with Gasteiger partial charge in [-0.2, -0.15) is 0 Å². The Kier molecular flexibility index (Phi) is 1.83. The van der Waals surface area contributed by atoms with Gasteiger partial charge in [0.2, 0.25) is 0 Å². The Hall–Kier alpha value is -0.120. The molecule has 1 aliphatic heterocycles. The molecule has 0 aromatic carbocycles. The zero-order chi connectivity index (χ0) is 5.98. The van der Waals surface area contributed by atoms with Gasteiger partial charge in [0.05, 0.1) is 0 Å². The maximum Gasteiger partial charge on any atom is 0.0354 e. The molecule has 0 unspecified atom stereocenters. The normalized spacial score (nSPS) is 38.2. The van der Waals surface area contributed by atoms with Crippen LogP contribution in [0, 0.1) is 0 Å². The first-order chi connectivity index (χ1) is 3.84. The van der Waals surface area contributed by atoms with Crippen molar-refractivity contribution >= 4 is 0 Å². The summed E-state index contributed by atoms with van der Waals surface area (Å²) >= 11 is 0. The quantitative estimate of drug-likeness (QED) is 0.390. The van der Waals surface area contributed by atoms with Gasteiger partial charge in [0.15, 0.2) is 0 Å². The van der Waals surface area contributed by atoms with Gasteiger partial charge in [-0.25, -0.2) is 0 Å². The Morgan fingerprint density at radius 1 is 1.62 bits per heavy atom. The summed E-state index contributed by atoms with van der Waals surface area (Å²) < 4.78 is 0. The van der Waals surface area contributed by atoms with E-state index in [1.54, 1.807) is 0 Å². The molecule has 48 valence electrons. The van der Waals surface area contributed by atoms with E-state index in [1.807, 2.05) is 7.05 Å². The van der Waals surface area contributed by atoms with Gasteiger partial charge < -0.3 is 16.4 Å². The first-order valence-electron chi connectivity index (χ1n) is 2.98. The minimum atomic E-state index is 0.306. The van der Waals surface area contributed by atoms with E-state index in [0.29, 0.717) is 12.1 Å². The Labute approximate surface area is 49.6 Å². The lowest BCUT2D eigenvalue weighted by molar-refractivity contribution is 0.548. The highest BCUT2D eigenvalue weighted by molar-refractivity contribution is 4.88. The van der Waals surface area contributed by atoms with Gasteiger partial charge in [-0.3, -0.25) is 0 Å². The molecule has 1 saturated heterocycles. The van der Waals surface area contributed by atoms with Crippen LogP contribution in [0.2, 0.25) is 0 Å². The van der Waals surface area contributed by atoms with Crippen LogP contribution in [0.3, 0.4) is 0 Å². The molecule has 0 spiro atoms. The lowest BCUT2D eigenvalue weighted by Crippen LogP contribution is -2.41. The molecule has 3 heteroatoms. The van der Waals surface area contributed by atoms with Crippen molar-refractivity contribution in [3.05, 3.63) is 0 Å². The van der Waals surface area contributed by atoms with E-state index in [2.05, 4.69) is 10.6 Å². The van der Waals surface area contributed by atoms with Crippen molar-refractivity contribution in [1.29, 1.82) is 0 Å². The van der Waals surface area contributed by atoms with Crippen molar-refractivity contribution in [1.82, 2.24) is 10.6 Å². The molecule has 1 heterocycles. The van der Waals surface area contributed by atoms with Crippen LogP contribution in [0.5, 0.6) is 0 Å². The first kappa shape index (κ1) is 6.01. The van der Waals surface area contributed by atoms with Gasteiger partial charge in [-0.15, -0.1) is 0 Å². The number of hydrogen-bond donors (Lipinski definition) is 3. The molecule has 0 bridgehead atoms. The minimum absolute atomic E-state index is 0.306. The Morgan fingerprint density at radius 2 is 2.38 bits per heavy atom. The summed E-state index contributed by atoms with van der Waals surface area (Å²) in [5.74, 6) is 0. The highest BCUT2D eigenvalue weighted by Crippen LogP contribution is 1.93. The molecule has 1 aliphatic rings. The van der Waals surface area contributed by atoms with Gasteiger partial charge in [-0.1, -0.05) is 0 Å². The standard InChI is InChI=1S/C5H13N3/c1-7-5-3-8-2-4(5)6/h4-5,7-8H,2-3,6H2,1H3/t4-,5+/m0/s1. The second-order valence-corrected chi connectivity index (χ2v) is 2.22. The number of likely N-dealkylation sites (N-methyl/N-ethyl adjacent to an activating group) is 1. The van der Waals surface area contributed by atoms with E-state index in [0.717, 1.165) is 13.1 Å². The van der Waals surface area contributed by atoms with Gasteiger partial charge in [-0.05, 0) is 7.05 Å². The lowest BCUT2D eigenvalue weighted by Gasteiger charge is -2.10. The number of hydrogen-bond acceptors (Lipinski definition) is 3. The van der Waals surface area contributed by atoms with Crippen molar-refractivity contribution in [3.8, 4) is 0 Å². The van der Waals surface area contributed by atoms with E-state index in [1.165, 1.54) is 0 Å². The van der Waals surface area contributed by atoms with Gasteiger partial charge in [0.1, 0.15) is 0 Å². The van der Waals surface area contributed by atoms with Gasteiger partial charge in [0, 0.05) is 25.2 Å². The number of nitrogens with two attached hydrogens (primary N) is 1. The van der Waals surface area contributed by atoms with E-state index in [-0.39, 0.29) is 0 Å². The van der Waals surface area contributed by atoms with E-state index >= 15 is 0 Å². The van der Waals surface area contributed by atoms with Crippen LogP contribution in [0.1, 0.15) is 0 Å². The summed E-state index contributed by atoms with van der Waals surface area (Å²) in [6.07, 6.45) is 0. The van der Waals surface area contributed by atoms with Crippen LogP contribution < -0.4 is 16.4 Å². The lowest BCUT2D eigenvalue weighted by atomic mass is 10.2. The third-order valence-electron chi connectivity index (χ3n) is 1.63. The van der Waals surface area contributed by atoms with Crippen molar-refractivity contribution in [3.63, 3.8) is 0 Å². The molecule has 0 aliphatic carbocycles. The fourth-order valence-corrected chi connectivity index (χ4v) is 1.02. The van der Waals surface area contributed by atoms with Crippen LogP contribution in [-0.4, -0.2) is 32.2 Å². The average molecular weight is 115 g/mol. The van der Waals surface area contributed by atoms with Crippen LogP contribution in [-0.2, 0) is 0 Å². The molecule has 0 aromatic heterocycles. The zero-order valence-corrected chi connectivity index (χ0v) is 5.15. The molecule has 4 N–H and O–H groups in total. The molecular weight excluding hydrogens is 102 g/mol. The second kappa shape index (κ2) is 2.44. The molecule has 1 rings (SSSR count). The third-order valence-corrected chi connectivity index (χ3v) is 1.63. The smallest absolute Gasteiger partial charge is 0.0354 e. The largest absolute Gasteiger partial charge is 0.325 e. The van der Waals surface area contributed by atoms with E-state index in [9.17, 15) is 0 Å². The van der Waals surface area contributed by atoms with Crippen molar-refractivity contribution < 1.29 is 0 Å². The number of rotatable bonds is 1. The van der Waals surface area contributed by atoms with Crippen LogP contribution in [0.25, 0.3) is 0 Å². The molecular formula is C5H13N3. The van der Waals surface area contributed by atoms with E-state index < -0.39 is 0 Å². The molecule has 0 amide bonds. The van der Waals surface area contributed by atoms with Crippen molar-refractivity contribution in [2.24, 2.45) is 5.73 Å². The molecule has 8 heavy (non-hydrogen) atoms. The number of nitrogens with one attached hydrogen (secondary N) is 2. The van der Waals surface area contributed by atoms with Crippen LogP contribution in [0.15, 0.2) is 0 Å². The summed E-state index contributed by atoms with van der Waals surface area (Å²) in [7, 11) is 1.94. The van der Waals surface area contributed by atoms with Crippen LogP contribution >= 0.6 is 0 Å². The topological polar surface area (TPSA) is 50.1 Å². The van der Waals surface area contributed by atoms with E-state index in [4.69, 9.17) is 5.73 Å². The zero-order valence-electron chi connectivity index (χ0n) is 5.15. The maximum absolute atomic E-state index is 5.66. The summed E-state index contributed by atoms with van der Waals surface area (Å²) in [5, 5.41) is 6.31. The van der Waals surface area contributed by atoms with Gasteiger partial charge in [0.25, 0.3) is 0 Å². The minimum Gasteiger partial charge on any atom is -0.325 e. The third kappa shape index (κ3) is 0.992. The molecule has 3 nitrogen and oxygen atoms in total. The average Bonchev–Trinajstić information content (AvgIpc) is 2.14. The molecule has 0 aromatic rings. The SMILES string of the molecule is CN[C@@H]1CNC[C@@H]1N. The maximum atomic E-state index is 5.66. The van der Waals surface area contributed by atoms with Crippen molar-refractivity contribution in [2.45, 2.75) is 12.1 Å². The van der Waals surface area contributed by atoms with Crippen molar-refractivity contribution in [2.75, 3.05) is 20.1 Å². The fraction of sp³-hybridized carbons (Fsp3) is 1.00. The summed E-state index contributed by atoms with van der Waals surface area (Å²) in [6, 6.07) is 0.787. The van der Waals surface area contributed by atoms with Crippen LogP contribution in [0.4, 0.5) is 0 Å². The Morgan fingerprint density at radius 3 is 2.62 bits per heavy atom. The predicted octanol–water partition coefficient (Wildman–Crippen LogP) is -1.50. The highest BCUT2D eigenvalue weighted by Gasteiger charge is 2.20. The Bertz CT molecular complexity index is 74.1. The molecule has 2 atom stereocenters. The summed E-state index contributed by atoms with van der Waals surface area (Å²) in [6.45, 7) is 1.96. The summed E-state index contributed by atoms with van der Waals surface area (Å²) in [4.78, 5) is 0. The molecule has 0 radical (unpaired) electrons. The Balaban J connectivity index is 2.30.